The van der Waals surface area contributed by atoms with Gasteiger partial charge in [-0.15, -0.1) is 0 Å². The Bertz CT molecular complexity index is 677. The van der Waals surface area contributed by atoms with Gasteiger partial charge in [-0.2, -0.15) is 0 Å². The highest BCUT2D eigenvalue weighted by Crippen LogP contribution is 2.39. The molecule has 5 nitrogen and oxygen atoms in total. The molecule has 2 aromatic heterocycles. The molecule has 1 aliphatic carbocycles. The zero-order valence-electron chi connectivity index (χ0n) is 11.6. The van der Waals surface area contributed by atoms with Gasteiger partial charge in [0.15, 0.2) is 5.65 Å². The standard InChI is InChI=1S/C15H20N4O/c20-15-8-12(7-10-3-5-16-6-4-10)17-14-9-13(11-1-2-11)18-19(14)15/h8-11,16,18H,1-7H2. The maximum Gasteiger partial charge on any atom is 0.272 e. The number of rotatable bonds is 3. The van der Waals surface area contributed by atoms with Crippen molar-refractivity contribution in [2.24, 2.45) is 5.92 Å². The third-order valence-electron chi connectivity index (χ3n) is 4.50. The predicted octanol–water partition coefficient (Wildman–Crippen LogP) is 1.44. The van der Waals surface area contributed by atoms with Crippen molar-refractivity contribution in [3.63, 3.8) is 0 Å². The second-order valence-corrected chi connectivity index (χ2v) is 6.16. The van der Waals surface area contributed by atoms with E-state index in [-0.39, 0.29) is 5.56 Å². The van der Waals surface area contributed by atoms with Gasteiger partial charge in [0.25, 0.3) is 5.56 Å². The van der Waals surface area contributed by atoms with Gasteiger partial charge in [-0.3, -0.25) is 9.89 Å². The highest BCUT2D eigenvalue weighted by Gasteiger charge is 2.26. The van der Waals surface area contributed by atoms with Crippen LogP contribution in [0.15, 0.2) is 16.9 Å². The van der Waals surface area contributed by atoms with E-state index in [0.29, 0.717) is 11.8 Å². The molecule has 0 unspecified atom stereocenters. The number of aromatic amines is 1. The largest absolute Gasteiger partial charge is 0.317 e. The van der Waals surface area contributed by atoms with Crippen LogP contribution in [0.2, 0.25) is 0 Å². The summed E-state index contributed by atoms with van der Waals surface area (Å²) in [5.41, 5.74) is 2.91. The Kier molecular flexibility index (Phi) is 2.88. The molecular weight excluding hydrogens is 252 g/mol. The van der Waals surface area contributed by atoms with E-state index in [1.165, 1.54) is 25.7 Å². The van der Waals surface area contributed by atoms with Crippen LogP contribution in [0.1, 0.15) is 43.0 Å². The molecule has 0 atom stereocenters. The highest BCUT2D eigenvalue weighted by atomic mass is 16.1. The SMILES string of the molecule is O=c1cc(CC2CCNCC2)nc2cc(C3CC3)[nH]n12. The van der Waals surface area contributed by atoms with Gasteiger partial charge in [0, 0.05) is 29.4 Å². The minimum atomic E-state index is 0.0193. The molecule has 5 heteroatoms. The summed E-state index contributed by atoms with van der Waals surface area (Å²) in [7, 11) is 0. The first-order chi connectivity index (χ1) is 9.79. The first-order valence-corrected chi connectivity index (χ1v) is 7.62. The summed E-state index contributed by atoms with van der Waals surface area (Å²) in [5.74, 6) is 1.27. The molecule has 4 rings (SSSR count). The number of nitrogens with zero attached hydrogens (tertiary/aromatic N) is 2. The molecular formula is C15H20N4O. The summed E-state index contributed by atoms with van der Waals surface area (Å²) in [6.45, 7) is 2.17. The van der Waals surface area contributed by atoms with Gasteiger partial charge < -0.3 is 5.32 Å². The number of aromatic nitrogens is 3. The second-order valence-electron chi connectivity index (χ2n) is 6.16. The van der Waals surface area contributed by atoms with Crippen LogP contribution < -0.4 is 10.9 Å². The molecule has 2 fully saturated rings. The van der Waals surface area contributed by atoms with Gasteiger partial charge in [-0.1, -0.05) is 0 Å². The summed E-state index contributed by atoms with van der Waals surface area (Å²) in [6.07, 6.45) is 5.74. The zero-order chi connectivity index (χ0) is 13.5. The van der Waals surface area contributed by atoms with Crippen LogP contribution in [-0.2, 0) is 6.42 Å². The van der Waals surface area contributed by atoms with Crippen molar-refractivity contribution in [1.29, 1.82) is 0 Å². The van der Waals surface area contributed by atoms with Gasteiger partial charge >= 0.3 is 0 Å². The molecule has 106 valence electrons. The Hall–Kier alpha value is -1.62. The van der Waals surface area contributed by atoms with Crippen LogP contribution in [-0.4, -0.2) is 27.7 Å². The lowest BCUT2D eigenvalue weighted by atomic mass is 9.93. The second kappa shape index (κ2) is 4.74. The fraction of sp³-hybridized carbons (Fsp3) is 0.600. The van der Waals surface area contributed by atoms with Crippen LogP contribution in [0, 0.1) is 5.92 Å². The maximum absolute atomic E-state index is 12.2. The smallest absolute Gasteiger partial charge is 0.272 e. The molecule has 2 aliphatic rings. The van der Waals surface area contributed by atoms with Gasteiger partial charge in [0.2, 0.25) is 0 Å². The monoisotopic (exact) mass is 272 g/mol. The van der Waals surface area contributed by atoms with Crippen LogP contribution >= 0.6 is 0 Å². The molecule has 0 radical (unpaired) electrons. The average Bonchev–Trinajstić information content (AvgIpc) is 3.20. The van der Waals surface area contributed by atoms with Crippen LogP contribution in [0.5, 0.6) is 0 Å². The zero-order valence-corrected chi connectivity index (χ0v) is 11.6. The fourth-order valence-electron chi connectivity index (χ4n) is 3.15. The van der Waals surface area contributed by atoms with Crippen LogP contribution in [0.25, 0.3) is 5.65 Å². The molecule has 1 saturated heterocycles. The van der Waals surface area contributed by atoms with E-state index in [9.17, 15) is 4.79 Å². The minimum Gasteiger partial charge on any atom is -0.317 e. The summed E-state index contributed by atoms with van der Waals surface area (Å²) in [4.78, 5) is 16.8. The van der Waals surface area contributed by atoms with Gasteiger partial charge in [-0.25, -0.2) is 9.50 Å². The quantitative estimate of drug-likeness (QED) is 0.889. The van der Waals surface area contributed by atoms with Crippen molar-refractivity contribution < 1.29 is 0 Å². The van der Waals surface area contributed by atoms with E-state index in [4.69, 9.17) is 0 Å². The third-order valence-corrected chi connectivity index (χ3v) is 4.50. The van der Waals surface area contributed by atoms with E-state index < -0.39 is 0 Å². The van der Waals surface area contributed by atoms with Crippen molar-refractivity contribution in [2.75, 3.05) is 13.1 Å². The van der Waals surface area contributed by atoms with E-state index >= 15 is 0 Å². The molecule has 3 heterocycles. The van der Waals surface area contributed by atoms with Crippen molar-refractivity contribution in [3.8, 4) is 0 Å². The molecule has 0 amide bonds. The van der Waals surface area contributed by atoms with Crippen molar-refractivity contribution in [3.05, 3.63) is 33.9 Å². The number of H-pyrrole nitrogens is 1. The van der Waals surface area contributed by atoms with Gasteiger partial charge in [0.05, 0.1) is 0 Å². The summed E-state index contributed by atoms with van der Waals surface area (Å²) in [5, 5.41) is 6.56. The Labute approximate surface area is 117 Å². The van der Waals surface area contributed by atoms with Crippen LogP contribution in [0.3, 0.4) is 0 Å². The topological polar surface area (TPSA) is 62.2 Å². The number of hydrogen-bond acceptors (Lipinski definition) is 3. The lowest BCUT2D eigenvalue weighted by Gasteiger charge is -2.21. The van der Waals surface area contributed by atoms with E-state index in [0.717, 1.165) is 36.5 Å². The van der Waals surface area contributed by atoms with Crippen LogP contribution in [0.4, 0.5) is 0 Å². The molecule has 20 heavy (non-hydrogen) atoms. The Balaban J connectivity index is 1.64. The summed E-state index contributed by atoms with van der Waals surface area (Å²) < 4.78 is 1.58. The van der Waals surface area contributed by atoms with Crippen molar-refractivity contribution >= 4 is 5.65 Å². The Morgan fingerprint density at radius 2 is 2.00 bits per heavy atom. The molecule has 1 saturated carbocycles. The van der Waals surface area contributed by atoms with Gasteiger partial charge in [-0.05, 0) is 51.1 Å². The fourth-order valence-corrected chi connectivity index (χ4v) is 3.15. The molecule has 1 aliphatic heterocycles. The molecule has 0 bridgehead atoms. The normalized spacial score (nSPS) is 20.6. The third kappa shape index (κ3) is 2.26. The van der Waals surface area contributed by atoms with E-state index in [1.54, 1.807) is 10.6 Å². The predicted molar refractivity (Wildman–Crippen MR) is 77.1 cm³/mol. The summed E-state index contributed by atoms with van der Waals surface area (Å²) >= 11 is 0. The first-order valence-electron chi connectivity index (χ1n) is 7.62. The number of piperidine rings is 1. The molecule has 0 aromatic carbocycles. The molecule has 2 N–H and O–H groups in total. The number of fused-ring (bicyclic) bond motifs is 1. The maximum atomic E-state index is 12.2. The Morgan fingerprint density at radius 3 is 2.75 bits per heavy atom. The van der Waals surface area contributed by atoms with Gasteiger partial charge in [0.1, 0.15) is 0 Å². The minimum absolute atomic E-state index is 0.0193. The lowest BCUT2D eigenvalue weighted by Crippen LogP contribution is -2.29. The average molecular weight is 272 g/mol. The van der Waals surface area contributed by atoms with Crippen molar-refractivity contribution in [1.82, 2.24) is 19.9 Å². The summed E-state index contributed by atoms with van der Waals surface area (Å²) in [6, 6.07) is 3.74. The van der Waals surface area contributed by atoms with E-state index in [1.807, 2.05) is 6.07 Å². The molecule has 2 aromatic rings. The first kappa shape index (κ1) is 12.1. The van der Waals surface area contributed by atoms with E-state index in [2.05, 4.69) is 15.4 Å². The molecule has 0 spiro atoms. The highest BCUT2D eigenvalue weighted by molar-refractivity contribution is 5.41. The van der Waals surface area contributed by atoms with Crippen molar-refractivity contribution in [2.45, 2.75) is 38.0 Å². The number of nitrogens with one attached hydrogen (secondary N) is 2. The Morgan fingerprint density at radius 1 is 1.20 bits per heavy atom. The number of hydrogen-bond donors (Lipinski definition) is 2. The lowest BCUT2D eigenvalue weighted by molar-refractivity contribution is 0.370.